The minimum absolute atomic E-state index is 0.414. The molecule has 2 unspecified atom stereocenters. The fourth-order valence-electron chi connectivity index (χ4n) is 1.87. The van der Waals surface area contributed by atoms with Gasteiger partial charge in [0.2, 0.25) is 0 Å². The fourth-order valence-corrected chi connectivity index (χ4v) is 1.87. The van der Waals surface area contributed by atoms with E-state index in [4.69, 9.17) is 11.0 Å². The Kier molecular flexibility index (Phi) is 4.84. The van der Waals surface area contributed by atoms with Gasteiger partial charge in [-0.1, -0.05) is 20.3 Å². The molecule has 3 heteroatoms. The van der Waals surface area contributed by atoms with Crippen LogP contribution in [-0.4, -0.2) is 6.04 Å². The molecule has 0 heterocycles. The summed E-state index contributed by atoms with van der Waals surface area (Å²) in [4.78, 5) is 0. The Hall–Kier alpha value is -1.69. The molecule has 3 N–H and O–H groups in total. The summed E-state index contributed by atoms with van der Waals surface area (Å²) in [6.07, 6.45) is 2.33. The first-order chi connectivity index (χ1) is 8.06. The molecule has 1 rings (SSSR count). The molecule has 17 heavy (non-hydrogen) atoms. The average molecular weight is 231 g/mol. The molecule has 0 aliphatic heterocycles. The lowest BCUT2D eigenvalue weighted by molar-refractivity contribution is 0.484. The second-order valence-electron chi connectivity index (χ2n) is 4.71. The van der Waals surface area contributed by atoms with Crippen LogP contribution in [0.15, 0.2) is 18.2 Å². The summed E-state index contributed by atoms with van der Waals surface area (Å²) in [6, 6.07) is 7.97. The lowest BCUT2D eigenvalue weighted by Crippen LogP contribution is -2.18. The van der Waals surface area contributed by atoms with Crippen molar-refractivity contribution in [3.63, 3.8) is 0 Å². The summed E-state index contributed by atoms with van der Waals surface area (Å²) in [6.45, 7) is 6.63. The maximum Gasteiger partial charge on any atom is 0.101 e. The maximum atomic E-state index is 8.79. The topological polar surface area (TPSA) is 61.8 Å². The summed E-state index contributed by atoms with van der Waals surface area (Å²) >= 11 is 0. The molecule has 0 amide bonds. The number of nitrogens with two attached hydrogens (primary N) is 1. The number of rotatable bonds is 5. The van der Waals surface area contributed by atoms with E-state index in [2.05, 4.69) is 32.2 Å². The monoisotopic (exact) mass is 231 g/mol. The van der Waals surface area contributed by atoms with Crippen LogP contribution in [0.25, 0.3) is 0 Å². The van der Waals surface area contributed by atoms with Crippen molar-refractivity contribution in [2.45, 2.75) is 39.7 Å². The third kappa shape index (κ3) is 3.99. The molecule has 0 saturated carbocycles. The van der Waals surface area contributed by atoms with Gasteiger partial charge in [0.25, 0.3) is 0 Å². The molecule has 0 aromatic heterocycles. The van der Waals surface area contributed by atoms with Crippen LogP contribution in [0.1, 0.15) is 39.2 Å². The predicted octanol–water partition coefficient (Wildman–Crippen LogP) is 3.38. The standard InChI is InChI=1S/C14H21N3/c1-4-10(2)7-11(3)17-13-6-5-12(9-15)14(16)8-13/h5-6,8,10-11,17H,4,7,16H2,1-3H3. The number of nitriles is 1. The molecule has 3 nitrogen and oxygen atoms in total. The van der Waals surface area contributed by atoms with E-state index in [0.717, 1.165) is 12.1 Å². The average Bonchev–Trinajstić information content (AvgIpc) is 2.29. The number of nitrogens with zero attached hydrogens (tertiary/aromatic N) is 1. The molecule has 0 fully saturated rings. The Morgan fingerprint density at radius 2 is 2.12 bits per heavy atom. The number of nitrogens with one attached hydrogen (secondary N) is 1. The highest BCUT2D eigenvalue weighted by Crippen LogP contribution is 2.19. The molecule has 0 radical (unpaired) electrons. The molecule has 0 aliphatic carbocycles. The van der Waals surface area contributed by atoms with Gasteiger partial charge < -0.3 is 11.1 Å². The van der Waals surface area contributed by atoms with Crippen molar-refractivity contribution >= 4 is 11.4 Å². The quantitative estimate of drug-likeness (QED) is 0.764. The van der Waals surface area contributed by atoms with E-state index in [9.17, 15) is 0 Å². The van der Waals surface area contributed by atoms with E-state index in [-0.39, 0.29) is 0 Å². The normalized spacial score (nSPS) is 13.8. The Bertz CT molecular complexity index is 406. The largest absolute Gasteiger partial charge is 0.398 e. The van der Waals surface area contributed by atoms with Crippen LogP contribution in [-0.2, 0) is 0 Å². The minimum atomic E-state index is 0.414. The third-order valence-electron chi connectivity index (χ3n) is 3.04. The van der Waals surface area contributed by atoms with Crippen LogP contribution in [0, 0.1) is 17.2 Å². The maximum absolute atomic E-state index is 8.79. The van der Waals surface area contributed by atoms with Crippen LogP contribution in [0.3, 0.4) is 0 Å². The lowest BCUT2D eigenvalue weighted by atomic mass is 10.00. The first kappa shape index (κ1) is 13.4. The van der Waals surface area contributed by atoms with Crippen LogP contribution < -0.4 is 11.1 Å². The van der Waals surface area contributed by atoms with Crippen molar-refractivity contribution in [2.75, 3.05) is 11.1 Å². The second-order valence-corrected chi connectivity index (χ2v) is 4.71. The van der Waals surface area contributed by atoms with Crippen molar-refractivity contribution in [2.24, 2.45) is 5.92 Å². The number of anilines is 2. The summed E-state index contributed by atoms with van der Waals surface area (Å²) in [7, 11) is 0. The van der Waals surface area contributed by atoms with Gasteiger partial charge in [0, 0.05) is 11.7 Å². The molecular formula is C14H21N3. The highest BCUT2D eigenvalue weighted by atomic mass is 14.9. The SMILES string of the molecule is CCC(C)CC(C)Nc1ccc(C#N)c(N)c1. The Labute approximate surface area is 104 Å². The smallest absolute Gasteiger partial charge is 0.101 e. The molecule has 1 aromatic rings. The van der Waals surface area contributed by atoms with Crippen molar-refractivity contribution in [3.8, 4) is 6.07 Å². The van der Waals surface area contributed by atoms with Gasteiger partial charge in [-0.25, -0.2) is 0 Å². The zero-order chi connectivity index (χ0) is 12.8. The summed E-state index contributed by atoms with van der Waals surface area (Å²) in [5.74, 6) is 0.716. The minimum Gasteiger partial charge on any atom is -0.398 e. The molecule has 0 saturated heterocycles. The Morgan fingerprint density at radius 1 is 1.41 bits per heavy atom. The van der Waals surface area contributed by atoms with Crippen LogP contribution in [0.5, 0.6) is 0 Å². The Balaban J connectivity index is 2.63. The van der Waals surface area contributed by atoms with Gasteiger partial charge in [0.05, 0.1) is 11.3 Å². The van der Waals surface area contributed by atoms with Gasteiger partial charge in [-0.2, -0.15) is 5.26 Å². The second kappa shape index (κ2) is 6.15. The van der Waals surface area contributed by atoms with Crippen LogP contribution >= 0.6 is 0 Å². The molecule has 0 aliphatic rings. The van der Waals surface area contributed by atoms with Crippen LogP contribution in [0.2, 0.25) is 0 Å². The van der Waals surface area contributed by atoms with E-state index in [1.807, 2.05) is 12.1 Å². The molecule has 0 bridgehead atoms. The molecule has 92 valence electrons. The zero-order valence-electron chi connectivity index (χ0n) is 10.8. The molecule has 1 aromatic carbocycles. The fraction of sp³-hybridized carbons (Fsp3) is 0.500. The first-order valence-electron chi connectivity index (χ1n) is 6.13. The third-order valence-corrected chi connectivity index (χ3v) is 3.04. The number of hydrogen-bond acceptors (Lipinski definition) is 3. The number of benzene rings is 1. The van der Waals surface area contributed by atoms with Gasteiger partial charge in [0.1, 0.15) is 6.07 Å². The zero-order valence-corrected chi connectivity index (χ0v) is 10.8. The van der Waals surface area contributed by atoms with E-state index >= 15 is 0 Å². The lowest BCUT2D eigenvalue weighted by Gasteiger charge is -2.19. The molecule has 2 atom stereocenters. The van der Waals surface area contributed by atoms with E-state index in [1.54, 1.807) is 6.07 Å². The van der Waals surface area contributed by atoms with Crippen LogP contribution in [0.4, 0.5) is 11.4 Å². The van der Waals surface area contributed by atoms with Gasteiger partial charge >= 0.3 is 0 Å². The van der Waals surface area contributed by atoms with E-state index in [0.29, 0.717) is 23.2 Å². The molecular weight excluding hydrogens is 210 g/mol. The predicted molar refractivity (Wildman–Crippen MR) is 72.7 cm³/mol. The van der Waals surface area contributed by atoms with Crippen molar-refractivity contribution < 1.29 is 0 Å². The van der Waals surface area contributed by atoms with E-state index in [1.165, 1.54) is 6.42 Å². The Morgan fingerprint density at radius 3 is 2.65 bits per heavy atom. The van der Waals surface area contributed by atoms with Crippen molar-refractivity contribution in [3.05, 3.63) is 23.8 Å². The van der Waals surface area contributed by atoms with Gasteiger partial charge in [-0.05, 0) is 37.5 Å². The van der Waals surface area contributed by atoms with Gasteiger partial charge in [-0.3, -0.25) is 0 Å². The summed E-state index contributed by atoms with van der Waals surface area (Å²) in [5.41, 5.74) is 7.82. The van der Waals surface area contributed by atoms with Gasteiger partial charge in [0.15, 0.2) is 0 Å². The number of nitrogen functional groups attached to an aromatic ring is 1. The van der Waals surface area contributed by atoms with Crippen molar-refractivity contribution in [1.29, 1.82) is 5.26 Å². The summed E-state index contributed by atoms with van der Waals surface area (Å²) < 4.78 is 0. The van der Waals surface area contributed by atoms with Gasteiger partial charge in [-0.15, -0.1) is 0 Å². The highest BCUT2D eigenvalue weighted by molar-refractivity contribution is 5.62. The number of hydrogen-bond donors (Lipinski definition) is 2. The first-order valence-corrected chi connectivity index (χ1v) is 6.13. The molecule has 0 spiro atoms. The highest BCUT2D eigenvalue weighted by Gasteiger charge is 2.07. The van der Waals surface area contributed by atoms with Crippen molar-refractivity contribution in [1.82, 2.24) is 0 Å². The van der Waals surface area contributed by atoms with E-state index < -0.39 is 0 Å². The summed E-state index contributed by atoms with van der Waals surface area (Å²) in [5, 5.41) is 12.2.